The number of hydrogen-bond donors (Lipinski definition) is 0. The number of rotatable bonds is 5. The number of hydrogen-bond acceptors (Lipinski definition) is 5. The summed E-state index contributed by atoms with van der Waals surface area (Å²) in [7, 11) is -2.56. The summed E-state index contributed by atoms with van der Waals surface area (Å²) >= 11 is 0. The van der Waals surface area contributed by atoms with Crippen LogP contribution in [0.2, 0.25) is 0 Å². The molecule has 2 aromatic rings. The third-order valence-electron chi connectivity index (χ3n) is 4.68. The number of allylic oxidation sites excluding steroid dienone is 1. The molecule has 0 radical (unpaired) electrons. The summed E-state index contributed by atoms with van der Waals surface area (Å²) in [5.74, 6) is -1.25. The van der Waals surface area contributed by atoms with Crippen molar-refractivity contribution in [1.82, 2.24) is 0 Å². The van der Waals surface area contributed by atoms with Gasteiger partial charge in [0.1, 0.15) is 0 Å². The number of nitrogens with zero attached hydrogens (tertiary/aromatic N) is 1. The molecule has 1 atom stereocenters. The van der Waals surface area contributed by atoms with Crippen LogP contribution in [-0.2, 0) is 19.6 Å². The molecule has 146 valence electrons. The van der Waals surface area contributed by atoms with E-state index in [-0.39, 0.29) is 23.6 Å². The highest BCUT2D eigenvalue weighted by Crippen LogP contribution is 2.35. The normalized spacial score (nSPS) is 16.9. The van der Waals surface area contributed by atoms with Gasteiger partial charge in [0.25, 0.3) is 10.0 Å². The van der Waals surface area contributed by atoms with Gasteiger partial charge in [0.2, 0.25) is 0 Å². The molecule has 0 aliphatic carbocycles. The molecule has 0 N–H and O–H groups in total. The van der Waals surface area contributed by atoms with Crippen LogP contribution in [0.15, 0.2) is 65.6 Å². The van der Waals surface area contributed by atoms with Gasteiger partial charge in [-0.15, -0.1) is 0 Å². The maximum absolute atomic E-state index is 13.3. The summed E-state index contributed by atoms with van der Waals surface area (Å²) in [5, 5.41) is 0. The predicted octanol–water partition coefficient (Wildman–Crippen LogP) is 3.12. The molecule has 6 nitrogen and oxygen atoms in total. The molecule has 0 saturated heterocycles. The van der Waals surface area contributed by atoms with Gasteiger partial charge >= 0.3 is 5.97 Å². The number of esters is 1. The van der Waals surface area contributed by atoms with Crippen LogP contribution < -0.4 is 4.31 Å². The van der Waals surface area contributed by atoms with Gasteiger partial charge in [0.05, 0.1) is 17.7 Å². The summed E-state index contributed by atoms with van der Waals surface area (Å²) in [5.41, 5.74) is 1.70. The number of carbonyl (C=O) groups is 2. The fourth-order valence-electron chi connectivity index (χ4n) is 3.14. The van der Waals surface area contributed by atoms with Crippen LogP contribution in [0.4, 0.5) is 5.69 Å². The molecule has 0 aromatic heterocycles. The molecular formula is C21H21NO5S. The third kappa shape index (κ3) is 3.84. The number of anilines is 1. The van der Waals surface area contributed by atoms with E-state index >= 15 is 0 Å². The highest BCUT2D eigenvalue weighted by molar-refractivity contribution is 7.92. The van der Waals surface area contributed by atoms with Crippen molar-refractivity contribution in [2.75, 3.05) is 18.0 Å². The maximum atomic E-state index is 13.3. The van der Waals surface area contributed by atoms with Crippen molar-refractivity contribution in [2.24, 2.45) is 5.92 Å². The van der Waals surface area contributed by atoms with Crippen molar-refractivity contribution in [3.63, 3.8) is 0 Å². The van der Waals surface area contributed by atoms with E-state index in [1.165, 1.54) is 17.5 Å². The minimum atomic E-state index is -3.83. The number of aryl methyl sites for hydroxylation is 1. The first-order valence-corrected chi connectivity index (χ1v) is 10.3. The first kappa shape index (κ1) is 19.8. The Labute approximate surface area is 164 Å². The molecule has 0 fully saturated rings. The Morgan fingerprint density at radius 2 is 1.86 bits per heavy atom. The summed E-state index contributed by atoms with van der Waals surface area (Å²) in [4.78, 5) is 24.3. The molecule has 0 amide bonds. The van der Waals surface area contributed by atoms with Crippen molar-refractivity contribution < 1.29 is 22.7 Å². The van der Waals surface area contributed by atoms with E-state index in [1.807, 2.05) is 6.92 Å². The quantitative estimate of drug-likeness (QED) is 0.570. The lowest BCUT2D eigenvalue weighted by atomic mass is 9.90. The number of para-hydroxylation sites is 1. The van der Waals surface area contributed by atoms with Gasteiger partial charge < -0.3 is 4.74 Å². The summed E-state index contributed by atoms with van der Waals surface area (Å²) in [6.07, 6.45) is 3.02. The first-order valence-electron chi connectivity index (χ1n) is 8.81. The first-order chi connectivity index (χ1) is 13.3. The van der Waals surface area contributed by atoms with E-state index < -0.39 is 21.9 Å². The van der Waals surface area contributed by atoms with Crippen LogP contribution in [0.1, 0.15) is 22.3 Å². The second-order valence-corrected chi connectivity index (χ2v) is 8.45. The minimum absolute atomic E-state index is 0.0115. The number of sulfonamides is 1. The van der Waals surface area contributed by atoms with Gasteiger partial charge in [-0.25, -0.2) is 13.2 Å². The number of methoxy groups -OCH3 is 1. The molecule has 7 heteroatoms. The van der Waals surface area contributed by atoms with Gasteiger partial charge in [-0.05, 0) is 37.6 Å². The Hall–Kier alpha value is -2.93. The largest absolute Gasteiger partial charge is 0.466 e. The molecule has 0 saturated carbocycles. The lowest BCUT2D eigenvalue weighted by molar-refractivity contribution is -0.134. The highest BCUT2D eigenvalue weighted by atomic mass is 32.2. The van der Waals surface area contributed by atoms with E-state index in [2.05, 4.69) is 4.74 Å². The number of ether oxygens (including phenoxy) is 1. The molecule has 1 heterocycles. The van der Waals surface area contributed by atoms with Crippen molar-refractivity contribution in [3.05, 3.63) is 71.8 Å². The zero-order valence-electron chi connectivity index (χ0n) is 15.7. The van der Waals surface area contributed by atoms with E-state index in [9.17, 15) is 18.0 Å². The average Bonchev–Trinajstić information content (AvgIpc) is 2.69. The zero-order chi connectivity index (χ0) is 20.3. The second-order valence-electron chi connectivity index (χ2n) is 6.59. The third-order valence-corrected chi connectivity index (χ3v) is 6.47. The number of fused-ring (bicyclic) bond motifs is 1. The molecule has 0 bridgehead atoms. The molecule has 1 unspecified atom stereocenters. The van der Waals surface area contributed by atoms with Gasteiger partial charge in [-0.2, -0.15) is 0 Å². The molecule has 1 aliphatic heterocycles. The molecule has 28 heavy (non-hydrogen) atoms. The summed E-state index contributed by atoms with van der Waals surface area (Å²) in [6, 6.07) is 13.3. The Balaban J connectivity index is 1.99. The predicted molar refractivity (Wildman–Crippen MR) is 106 cm³/mol. The standard InChI is InChI=1S/C21H21NO5S/c1-15-10-12-17(13-11-15)28(25,26)22-14-16(6-5-9-20(23)27-2)21(24)18-7-3-4-8-19(18)22/h3-5,7-13,16H,6,14H2,1-2H3/b9-5+. The summed E-state index contributed by atoms with van der Waals surface area (Å²) in [6.45, 7) is 1.90. The highest BCUT2D eigenvalue weighted by Gasteiger charge is 2.37. The van der Waals surface area contributed by atoms with Crippen LogP contribution in [0.5, 0.6) is 0 Å². The van der Waals surface area contributed by atoms with Crippen LogP contribution >= 0.6 is 0 Å². The van der Waals surface area contributed by atoms with Crippen LogP contribution in [-0.4, -0.2) is 33.8 Å². The lowest BCUT2D eigenvalue weighted by Crippen LogP contribution is -2.42. The maximum Gasteiger partial charge on any atom is 0.330 e. The van der Waals surface area contributed by atoms with Crippen molar-refractivity contribution in [1.29, 1.82) is 0 Å². The van der Waals surface area contributed by atoms with E-state index in [1.54, 1.807) is 54.6 Å². The Kier molecular flexibility index (Phi) is 5.65. The Bertz CT molecular complexity index is 1030. The smallest absolute Gasteiger partial charge is 0.330 e. The molecule has 2 aromatic carbocycles. The zero-order valence-corrected chi connectivity index (χ0v) is 16.5. The fourth-order valence-corrected chi connectivity index (χ4v) is 4.67. The number of benzene rings is 2. The van der Waals surface area contributed by atoms with Gasteiger partial charge in [-0.3, -0.25) is 9.10 Å². The van der Waals surface area contributed by atoms with Crippen molar-refractivity contribution in [3.8, 4) is 0 Å². The Morgan fingerprint density at radius 3 is 2.54 bits per heavy atom. The van der Waals surface area contributed by atoms with Crippen molar-refractivity contribution in [2.45, 2.75) is 18.2 Å². The van der Waals surface area contributed by atoms with E-state index in [4.69, 9.17) is 0 Å². The second kappa shape index (κ2) is 7.98. The number of ketones is 1. The average molecular weight is 399 g/mol. The van der Waals surface area contributed by atoms with Crippen LogP contribution in [0.3, 0.4) is 0 Å². The molecular weight excluding hydrogens is 378 g/mol. The fraction of sp³-hybridized carbons (Fsp3) is 0.238. The van der Waals surface area contributed by atoms with Crippen LogP contribution in [0, 0.1) is 12.8 Å². The molecule has 1 aliphatic rings. The van der Waals surface area contributed by atoms with Crippen molar-refractivity contribution >= 4 is 27.5 Å². The molecule has 3 rings (SSSR count). The number of carbonyl (C=O) groups excluding carboxylic acids is 2. The number of Topliss-reactive ketones (excluding diaryl/α,β-unsaturated/α-hetero) is 1. The van der Waals surface area contributed by atoms with Crippen LogP contribution in [0.25, 0.3) is 0 Å². The molecule has 0 spiro atoms. The topological polar surface area (TPSA) is 80.8 Å². The van der Waals surface area contributed by atoms with Gasteiger partial charge in [0, 0.05) is 24.1 Å². The van der Waals surface area contributed by atoms with Gasteiger partial charge in [-0.1, -0.05) is 35.9 Å². The SMILES string of the molecule is COC(=O)/C=C/CC1CN(S(=O)(=O)c2ccc(C)cc2)c2ccccc2C1=O. The van der Waals surface area contributed by atoms with Gasteiger partial charge in [0.15, 0.2) is 5.78 Å². The minimum Gasteiger partial charge on any atom is -0.466 e. The summed E-state index contributed by atoms with van der Waals surface area (Å²) < 4.78 is 32.4. The van der Waals surface area contributed by atoms with E-state index in [0.717, 1.165) is 5.56 Å². The lowest BCUT2D eigenvalue weighted by Gasteiger charge is -2.34. The monoisotopic (exact) mass is 399 g/mol. The Morgan fingerprint density at radius 1 is 1.18 bits per heavy atom. The van der Waals surface area contributed by atoms with E-state index in [0.29, 0.717) is 11.3 Å².